The second-order valence-electron chi connectivity index (χ2n) is 17.3. The van der Waals surface area contributed by atoms with Crippen molar-refractivity contribution in [2.75, 3.05) is 4.90 Å². The Bertz CT molecular complexity index is 3650. The van der Waals surface area contributed by atoms with E-state index in [2.05, 4.69) is 278 Å². The lowest BCUT2D eigenvalue weighted by molar-refractivity contribution is 1.28. The molecular weight excluding hydrogens is 807 g/mol. The van der Waals surface area contributed by atoms with Gasteiger partial charge in [-0.1, -0.05) is 212 Å². The quantitative estimate of drug-likeness (QED) is 0.131. The maximum atomic E-state index is 2.43. The number of hydrogen-bond acceptors (Lipinski definition) is 1. The molecule has 0 atom stereocenters. The summed E-state index contributed by atoms with van der Waals surface area (Å²) in [5.74, 6) is 0. The number of anilines is 3. The van der Waals surface area contributed by atoms with Crippen LogP contribution in [0.3, 0.4) is 0 Å². The first-order chi connectivity index (χ1) is 33.2. The van der Waals surface area contributed by atoms with Crippen molar-refractivity contribution >= 4 is 49.4 Å². The van der Waals surface area contributed by atoms with Crippen LogP contribution in [0.15, 0.2) is 273 Å². The average Bonchev–Trinajstić information content (AvgIpc) is 3.41. The molecule has 12 aromatic carbocycles. The SMILES string of the molecule is c1ccc(-c2cc(-c3ccccc3)cc(-c3ccc(N(c4ccc(-c5ccc6c(ccc7ccccc76)c5)cc4)c4cc(-c5ccc6ccccc6c5)ccc4-c4ccccc4)cc3)c2)cc1. The molecule has 0 spiro atoms. The van der Waals surface area contributed by atoms with Crippen LogP contribution in [-0.2, 0) is 0 Å². The first-order valence-electron chi connectivity index (χ1n) is 23.1. The fourth-order valence-corrected chi connectivity index (χ4v) is 9.74. The number of rotatable bonds is 9. The fourth-order valence-electron chi connectivity index (χ4n) is 9.74. The Hall–Kier alpha value is -8.78. The van der Waals surface area contributed by atoms with E-state index in [0.717, 1.165) is 39.3 Å². The summed E-state index contributed by atoms with van der Waals surface area (Å²) in [5, 5.41) is 7.52. The van der Waals surface area contributed by atoms with Crippen LogP contribution in [-0.4, -0.2) is 0 Å². The van der Waals surface area contributed by atoms with Crippen LogP contribution in [0, 0.1) is 0 Å². The van der Waals surface area contributed by atoms with Crippen molar-refractivity contribution in [3.8, 4) is 66.8 Å². The lowest BCUT2D eigenvalue weighted by Crippen LogP contribution is -2.11. The van der Waals surface area contributed by atoms with Crippen LogP contribution in [0.4, 0.5) is 17.1 Å². The van der Waals surface area contributed by atoms with Gasteiger partial charge in [0.2, 0.25) is 0 Å². The van der Waals surface area contributed by atoms with Gasteiger partial charge in [-0.2, -0.15) is 0 Å². The molecule has 0 aromatic heterocycles. The van der Waals surface area contributed by atoms with Crippen molar-refractivity contribution in [1.82, 2.24) is 0 Å². The summed E-state index contributed by atoms with van der Waals surface area (Å²) >= 11 is 0. The Labute approximate surface area is 392 Å². The third-order valence-corrected chi connectivity index (χ3v) is 13.2. The molecule has 0 heterocycles. The highest BCUT2D eigenvalue weighted by atomic mass is 15.1. The molecule has 0 saturated heterocycles. The Morgan fingerprint density at radius 3 is 1.21 bits per heavy atom. The normalized spacial score (nSPS) is 11.3. The minimum Gasteiger partial charge on any atom is -0.310 e. The smallest absolute Gasteiger partial charge is 0.0546 e. The topological polar surface area (TPSA) is 3.24 Å². The molecule has 0 unspecified atom stereocenters. The zero-order valence-electron chi connectivity index (χ0n) is 36.9. The lowest BCUT2D eigenvalue weighted by atomic mass is 9.93. The van der Waals surface area contributed by atoms with Crippen LogP contribution in [0.5, 0.6) is 0 Å². The standard InChI is InChI=1S/C66H45N/c1-4-14-46(15-5-1)58-42-59(47-16-6-2-7-17-47)44-60(43-58)50-30-36-62(37-31-50)67(61-34-28-49(29-35-61)54-32-38-64-57(41-54)27-25-52-21-12-13-23-63(52)64)66-45-56(33-39-65(66)51-19-8-3-9-20-51)55-26-24-48-18-10-11-22-53(48)40-55/h1-45H. The van der Waals surface area contributed by atoms with Gasteiger partial charge in [-0.15, -0.1) is 0 Å². The van der Waals surface area contributed by atoms with E-state index in [1.165, 1.54) is 76.8 Å². The summed E-state index contributed by atoms with van der Waals surface area (Å²) < 4.78 is 0. The maximum Gasteiger partial charge on any atom is 0.0546 e. The maximum absolute atomic E-state index is 2.43. The van der Waals surface area contributed by atoms with Crippen LogP contribution >= 0.6 is 0 Å². The molecular formula is C66H45N. The van der Waals surface area contributed by atoms with Crippen LogP contribution in [0.1, 0.15) is 0 Å². The summed E-state index contributed by atoms with van der Waals surface area (Å²) in [4.78, 5) is 2.43. The molecule has 12 aromatic rings. The van der Waals surface area contributed by atoms with Crippen molar-refractivity contribution in [3.05, 3.63) is 273 Å². The number of hydrogen-bond donors (Lipinski definition) is 0. The van der Waals surface area contributed by atoms with E-state index in [0.29, 0.717) is 0 Å². The van der Waals surface area contributed by atoms with Gasteiger partial charge in [0, 0.05) is 16.9 Å². The molecule has 0 fully saturated rings. The molecule has 1 heteroatoms. The Morgan fingerprint density at radius 1 is 0.194 bits per heavy atom. The highest BCUT2D eigenvalue weighted by Gasteiger charge is 2.20. The van der Waals surface area contributed by atoms with Crippen LogP contribution in [0.25, 0.3) is 99.1 Å². The molecule has 0 amide bonds. The van der Waals surface area contributed by atoms with Gasteiger partial charge in [-0.05, 0) is 154 Å². The summed E-state index contributed by atoms with van der Waals surface area (Å²) in [6.07, 6.45) is 0. The third-order valence-electron chi connectivity index (χ3n) is 13.2. The molecule has 1 nitrogen and oxygen atoms in total. The molecule has 67 heavy (non-hydrogen) atoms. The second kappa shape index (κ2) is 17.3. The molecule has 0 aliphatic rings. The average molecular weight is 852 g/mol. The molecule has 0 saturated carbocycles. The van der Waals surface area contributed by atoms with Gasteiger partial charge < -0.3 is 4.90 Å². The van der Waals surface area contributed by atoms with Gasteiger partial charge in [0.1, 0.15) is 0 Å². The highest BCUT2D eigenvalue weighted by Crippen LogP contribution is 2.45. The van der Waals surface area contributed by atoms with Gasteiger partial charge >= 0.3 is 0 Å². The summed E-state index contributed by atoms with van der Waals surface area (Å²) in [7, 11) is 0. The zero-order chi connectivity index (χ0) is 44.5. The number of benzene rings is 12. The van der Waals surface area contributed by atoms with Crippen molar-refractivity contribution in [3.63, 3.8) is 0 Å². The van der Waals surface area contributed by atoms with E-state index in [9.17, 15) is 0 Å². The zero-order valence-corrected chi connectivity index (χ0v) is 36.9. The lowest BCUT2D eigenvalue weighted by Gasteiger charge is -2.29. The van der Waals surface area contributed by atoms with Crippen molar-refractivity contribution < 1.29 is 0 Å². The predicted molar refractivity (Wildman–Crippen MR) is 286 cm³/mol. The van der Waals surface area contributed by atoms with E-state index < -0.39 is 0 Å². The van der Waals surface area contributed by atoms with Gasteiger partial charge in [-0.3, -0.25) is 0 Å². The summed E-state index contributed by atoms with van der Waals surface area (Å²) in [5.41, 5.74) is 17.4. The summed E-state index contributed by atoms with van der Waals surface area (Å²) in [6.45, 7) is 0. The van der Waals surface area contributed by atoms with E-state index in [1.807, 2.05) is 0 Å². The van der Waals surface area contributed by atoms with E-state index >= 15 is 0 Å². The third kappa shape index (κ3) is 7.84. The Balaban J connectivity index is 1.00. The second-order valence-corrected chi connectivity index (χ2v) is 17.3. The first kappa shape index (κ1) is 39.8. The monoisotopic (exact) mass is 851 g/mol. The molecule has 0 aliphatic heterocycles. The van der Waals surface area contributed by atoms with E-state index in [4.69, 9.17) is 0 Å². The van der Waals surface area contributed by atoms with Crippen molar-refractivity contribution in [1.29, 1.82) is 0 Å². The minimum atomic E-state index is 1.07. The Morgan fingerprint density at radius 2 is 0.582 bits per heavy atom. The molecule has 0 radical (unpaired) electrons. The van der Waals surface area contributed by atoms with Gasteiger partial charge in [0.15, 0.2) is 0 Å². The first-order valence-corrected chi connectivity index (χ1v) is 23.1. The van der Waals surface area contributed by atoms with Crippen molar-refractivity contribution in [2.24, 2.45) is 0 Å². The van der Waals surface area contributed by atoms with Crippen LogP contribution < -0.4 is 4.90 Å². The van der Waals surface area contributed by atoms with Crippen molar-refractivity contribution in [2.45, 2.75) is 0 Å². The molecule has 314 valence electrons. The summed E-state index contributed by atoms with van der Waals surface area (Å²) in [6, 6.07) is 99.6. The van der Waals surface area contributed by atoms with Crippen LogP contribution in [0.2, 0.25) is 0 Å². The van der Waals surface area contributed by atoms with E-state index in [1.54, 1.807) is 0 Å². The number of fused-ring (bicyclic) bond motifs is 4. The van der Waals surface area contributed by atoms with E-state index in [-0.39, 0.29) is 0 Å². The molecule has 0 bridgehead atoms. The Kier molecular flexibility index (Phi) is 10.3. The predicted octanol–water partition coefficient (Wildman–Crippen LogP) is 18.6. The molecule has 0 N–H and O–H groups in total. The molecule has 12 rings (SSSR count). The minimum absolute atomic E-state index is 1.07. The van der Waals surface area contributed by atoms with Gasteiger partial charge in [0.05, 0.1) is 5.69 Å². The van der Waals surface area contributed by atoms with Gasteiger partial charge in [0.25, 0.3) is 0 Å². The molecule has 0 aliphatic carbocycles. The largest absolute Gasteiger partial charge is 0.310 e. The highest BCUT2D eigenvalue weighted by molar-refractivity contribution is 6.08. The number of nitrogens with zero attached hydrogens (tertiary/aromatic N) is 1. The van der Waals surface area contributed by atoms with Gasteiger partial charge in [-0.25, -0.2) is 0 Å². The fraction of sp³-hybridized carbons (Fsp3) is 0.